The maximum atomic E-state index is 12.5. The van der Waals surface area contributed by atoms with Gasteiger partial charge in [-0.25, -0.2) is 13.1 Å². The molecule has 0 aliphatic heterocycles. The van der Waals surface area contributed by atoms with Crippen molar-refractivity contribution < 1.29 is 13.2 Å². The zero-order valence-electron chi connectivity index (χ0n) is 18.9. The monoisotopic (exact) mass is 475 g/mol. The minimum atomic E-state index is -3.75. The van der Waals surface area contributed by atoms with Crippen LogP contribution in [-0.4, -0.2) is 35.6 Å². The van der Waals surface area contributed by atoms with E-state index in [1.807, 2.05) is 48.9 Å². The van der Waals surface area contributed by atoms with E-state index >= 15 is 0 Å². The van der Waals surface area contributed by atoms with Gasteiger partial charge in [0.05, 0.1) is 22.0 Å². The molecule has 4 rings (SSSR count). The molecule has 8 nitrogen and oxygen atoms in total. The lowest BCUT2D eigenvalue weighted by atomic mass is 10.1. The minimum absolute atomic E-state index is 0.0727. The van der Waals surface area contributed by atoms with Crippen molar-refractivity contribution >= 4 is 21.6 Å². The SMILES string of the molecule is Cc1cc(C)n(-c2ccc(CCNC(=O)c3ccc(S(=O)(=O)Nc4ccncc4)cc3)cc2)n1. The molecule has 34 heavy (non-hydrogen) atoms. The lowest BCUT2D eigenvalue weighted by molar-refractivity contribution is 0.0954. The Labute approximate surface area is 198 Å². The Morgan fingerprint density at radius 2 is 1.62 bits per heavy atom. The van der Waals surface area contributed by atoms with Crippen LogP contribution in [0.4, 0.5) is 5.69 Å². The summed E-state index contributed by atoms with van der Waals surface area (Å²) >= 11 is 0. The molecule has 0 saturated heterocycles. The van der Waals surface area contributed by atoms with Gasteiger partial charge in [-0.1, -0.05) is 12.1 Å². The van der Waals surface area contributed by atoms with Crippen molar-refractivity contribution in [1.29, 1.82) is 0 Å². The summed E-state index contributed by atoms with van der Waals surface area (Å²) < 4.78 is 29.4. The van der Waals surface area contributed by atoms with Crippen LogP contribution in [0.3, 0.4) is 0 Å². The molecule has 2 aromatic heterocycles. The van der Waals surface area contributed by atoms with E-state index in [-0.39, 0.29) is 10.8 Å². The predicted molar refractivity (Wildman–Crippen MR) is 131 cm³/mol. The van der Waals surface area contributed by atoms with Gasteiger partial charge in [0.25, 0.3) is 15.9 Å². The number of carbonyl (C=O) groups excluding carboxylic acids is 1. The Morgan fingerprint density at radius 1 is 0.941 bits per heavy atom. The molecule has 0 bridgehead atoms. The van der Waals surface area contributed by atoms with E-state index in [1.54, 1.807) is 12.1 Å². The third kappa shape index (κ3) is 5.49. The van der Waals surface area contributed by atoms with Crippen molar-refractivity contribution in [3.05, 3.63) is 102 Å². The highest BCUT2D eigenvalue weighted by Gasteiger charge is 2.15. The van der Waals surface area contributed by atoms with Crippen molar-refractivity contribution in [3.63, 3.8) is 0 Å². The number of benzene rings is 2. The van der Waals surface area contributed by atoms with Crippen molar-refractivity contribution in [2.45, 2.75) is 25.2 Å². The van der Waals surface area contributed by atoms with Crippen LogP contribution in [-0.2, 0) is 16.4 Å². The molecular formula is C25H25N5O3S. The molecule has 0 spiro atoms. The fourth-order valence-corrected chi connectivity index (χ4v) is 4.59. The van der Waals surface area contributed by atoms with Crippen LogP contribution in [0.25, 0.3) is 5.69 Å². The highest BCUT2D eigenvalue weighted by atomic mass is 32.2. The average Bonchev–Trinajstić information content (AvgIpc) is 3.17. The molecule has 2 heterocycles. The van der Waals surface area contributed by atoms with Crippen molar-refractivity contribution in [2.75, 3.05) is 11.3 Å². The highest BCUT2D eigenvalue weighted by molar-refractivity contribution is 7.92. The third-order valence-electron chi connectivity index (χ3n) is 5.25. The van der Waals surface area contributed by atoms with E-state index in [1.165, 1.54) is 36.7 Å². The molecule has 0 atom stereocenters. The molecule has 0 aliphatic rings. The largest absolute Gasteiger partial charge is 0.352 e. The van der Waals surface area contributed by atoms with E-state index in [9.17, 15) is 13.2 Å². The normalized spacial score (nSPS) is 11.2. The van der Waals surface area contributed by atoms with Gasteiger partial charge in [0.2, 0.25) is 0 Å². The molecule has 2 N–H and O–H groups in total. The Balaban J connectivity index is 1.31. The number of sulfonamides is 1. The van der Waals surface area contributed by atoms with E-state index < -0.39 is 10.0 Å². The second kappa shape index (κ2) is 9.88. The number of pyridine rings is 1. The lowest BCUT2D eigenvalue weighted by Gasteiger charge is -2.09. The summed E-state index contributed by atoms with van der Waals surface area (Å²) in [4.78, 5) is 16.4. The van der Waals surface area contributed by atoms with Crippen LogP contribution in [0.1, 0.15) is 27.3 Å². The van der Waals surface area contributed by atoms with Gasteiger partial charge in [-0.15, -0.1) is 0 Å². The zero-order valence-corrected chi connectivity index (χ0v) is 19.7. The molecule has 174 valence electrons. The quantitative estimate of drug-likeness (QED) is 0.405. The van der Waals surface area contributed by atoms with Crippen LogP contribution in [0, 0.1) is 13.8 Å². The first-order chi connectivity index (χ1) is 16.3. The third-order valence-corrected chi connectivity index (χ3v) is 6.65. The molecule has 1 amide bonds. The first-order valence-electron chi connectivity index (χ1n) is 10.8. The van der Waals surface area contributed by atoms with Gasteiger partial charge in [0.15, 0.2) is 0 Å². The lowest BCUT2D eigenvalue weighted by Crippen LogP contribution is -2.25. The molecule has 0 saturated carbocycles. The van der Waals surface area contributed by atoms with E-state index in [4.69, 9.17) is 0 Å². The summed E-state index contributed by atoms with van der Waals surface area (Å²) in [6.07, 6.45) is 3.67. The van der Waals surface area contributed by atoms with Gasteiger partial charge < -0.3 is 5.32 Å². The summed E-state index contributed by atoms with van der Waals surface area (Å²) in [5, 5.41) is 7.36. The Bertz CT molecular complexity index is 1380. The smallest absolute Gasteiger partial charge is 0.261 e. The predicted octanol–water partition coefficient (Wildman–Crippen LogP) is 3.66. The van der Waals surface area contributed by atoms with Crippen LogP contribution < -0.4 is 10.0 Å². The Hall–Kier alpha value is -3.98. The summed E-state index contributed by atoms with van der Waals surface area (Å²) in [7, 11) is -3.75. The highest BCUT2D eigenvalue weighted by Crippen LogP contribution is 2.16. The topological polar surface area (TPSA) is 106 Å². The number of nitrogens with one attached hydrogen (secondary N) is 2. The number of amides is 1. The average molecular weight is 476 g/mol. The molecule has 9 heteroatoms. The second-order valence-electron chi connectivity index (χ2n) is 7.88. The number of carbonyl (C=O) groups is 1. The van der Waals surface area contributed by atoms with E-state index in [2.05, 4.69) is 20.1 Å². The molecule has 0 aliphatic carbocycles. The van der Waals surface area contributed by atoms with Crippen molar-refractivity contribution in [2.24, 2.45) is 0 Å². The molecule has 0 fully saturated rings. The molecular weight excluding hydrogens is 450 g/mol. The number of rotatable bonds is 8. The van der Waals surface area contributed by atoms with Crippen LogP contribution in [0.2, 0.25) is 0 Å². The first kappa shape index (κ1) is 23.2. The number of nitrogens with zero attached hydrogens (tertiary/aromatic N) is 3. The Kier molecular flexibility index (Phi) is 6.74. The van der Waals surface area contributed by atoms with Gasteiger partial charge >= 0.3 is 0 Å². The van der Waals surface area contributed by atoms with Crippen LogP contribution in [0.15, 0.2) is 84.0 Å². The number of aryl methyl sites for hydroxylation is 2. The summed E-state index contributed by atoms with van der Waals surface area (Å²) in [5.41, 5.74) is 4.94. The van der Waals surface area contributed by atoms with Crippen LogP contribution in [0.5, 0.6) is 0 Å². The maximum Gasteiger partial charge on any atom is 0.261 e. The Morgan fingerprint density at radius 3 is 2.24 bits per heavy atom. The minimum Gasteiger partial charge on any atom is -0.352 e. The zero-order chi connectivity index (χ0) is 24.1. The second-order valence-corrected chi connectivity index (χ2v) is 9.56. The first-order valence-corrected chi connectivity index (χ1v) is 12.2. The molecule has 4 aromatic rings. The van der Waals surface area contributed by atoms with Crippen molar-refractivity contribution in [1.82, 2.24) is 20.1 Å². The van der Waals surface area contributed by atoms with Crippen LogP contribution >= 0.6 is 0 Å². The van der Waals surface area contributed by atoms with Gasteiger partial charge in [-0.3, -0.25) is 14.5 Å². The molecule has 0 radical (unpaired) electrons. The molecule has 2 aromatic carbocycles. The van der Waals surface area contributed by atoms with E-state index in [0.717, 1.165) is 22.6 Å². The molecule has 0 unspecified atom stereocenters. The summed E-state index contributed by atoms with van der Waals surface area (Å²) in [6.45, 7) is 4.44. The fourth-order valence-electron chi connectivity index (χ4n) is 3.54. The summed E-state index contributed by atoms with van der Waals surface area (Å²) in [6, 6.07) is 19.0. The standard InChI is InChI=1S/C25H25N5O3S/c1-18-17-19(2)30(28-18)23-7-3-20(4-8-23)11-16-27-25(31)21-5-9-24(10-6-21)34(32,33)29-22-12-14-26-15-13-22/h3-10,12-15,17H,11,16H2,1-2H3,(H,26,29)(H,27,31). The van der Waals surface area contributed by atoms with Gasteiger partial charge in [0, 0.05) is 30.2 Å². The number of aromatic nitrogens is 3. The fraction of sp³-hybridized carbons (Fsp3) is 0.160. The summed E-state index contributed by atoms with van der Waals surface area (Å²) in [5.74, 6) is -0.259. The van der Waals surface area contributed by atoms with Gasteiger partial charge in [-0.05, 0) is 80.4 Å². The number of hydrogen-bond donors (Lipinski definition) is 2. The maximum absolute atomic E-state index is 12.5. The number of anilines is 1. The van der Waals surface area contributed by atoms with E-state index in [0.29, 0.717) is 24.2 Å². The van der Waals surface area contributed by atoms with Crippen molar-refractivity contribution in [3.8, 4) is 5.69 Å². The van der Waals surface area contributed by atoms with Gasteiger partial charge in [0.1, 0.15) is 0 Å². The van der Waals surface area contributed by atoms with Gasteiger partial charge in [-0.2, -0.15) is 5.10 Å². The number of hydrogen-bond acceptors (Lipinski definition) is 5.